The van der Waals surface area contributed by atoms with E-state index < -0.39 is 0 Å². The lowest BCUT2D eigenvalue weighted by atomic mass is 9.98. The van der Waals surface area contributed by atoms with Crippen LogP contribution in [0.1, 0.15) is 39.8 Å². The van der Waals surface area contributed by atoms with E-state index in [0.717, 1.165) is 17.1 Å². The summed E-state index contributed by atoms with van der Waals surface area (Å²) >= 11 is 1.86. The highest BCUT2D eigenvalue weighted by atomic mass is 32.1. The van der Waals surface area contributed by atoms with E-state index in [4.69, 9.17) is 15.2 Å². The largest absolute Gasteiger partial charge is 0.493 e. The molecule has 2 aromatic rings. The van der Waals surface area contributed by atoms with Crippen LogP contribution in [0.25, 0.3) is 0 Å². The molecular formula is C17H21NO2S. The van der Waals surface area contributed by atoms with E-state index in [-0.39, 0.29) is 6.04 Å². The summed E-state index contributed by atoms with van der Waals surface area (Å²) in [5.41, 5.74) is 9.02. The van der Waals surface area contributed by atoms with Crippen molar-refractivity contribution in [3.8, 4) is 11.5 Å². The van der Waals surface area contributed by atoms with Gasteiger partial charge in [0.05, 0.1) is 20.3 Å². The first-order chi connectivity index (χ1) is 10.2. The molecule has 1 aromatic carbocycles. The lowest BCUT2D eigenvalue weighted by Crippen LogP contribution is -2.10. The van der Waals surface area contributed by atoms with E-state index in [2.05, 4.69) is 6.07 Å². The van der Waals surface area contributed by atoms with Crippen molar-refractivity contribution in [2.75, 3.05) is 14.2 Å². The summed E-state index contributed by atoms with van der Waals surface area (Å²) in [6, 6.07) is 8.11. The molecule has 21 heavy (non-hydrogen) atoms. The predicted molar refractivity (Wildman–Crippen MR) is 86.5 cm³/mol. The Hall–Kier alpha value is -1.52. The third-order valence-electron chi connectivity index (χ3n) is 4.09. The Morgan fingerprint density at radius 1 is 1.05 bits per heavy atom. The summed E-state index contributed by atoms with van der Waals surface area (Å²) in [5.74, 6) is 1.46. The normalized spacial score (nSPS) is 15.4. The molecule has 1 aliphatic rings. The predicted octanol–water partition coefficient (Wildman–Crippen LogP) is 3.69. The van der Waals surface area contributed by atoms with Crippen LogP contribution in [0.5, 0.6) is 11.5 Å². The van der Waals surface area contributed by atoms with Crippen molar-refractivity contribution < 1.29 is 9.47 Å². The summed E-state index contributed by atoms with van der Waals surface area (Å²) in [5, 5.41) is 0. The molecule has 0 spiro atoms. The first-order valence-electron chi connectivity index (χ1n) is 7.32. The molecule has 4 heteroatoms. The minimum Gasteiger partial charge on any atom is -0.493 e. The van der Waals surface area contributed by atoms with Crippen molar-refractivity contribution in [3.63, 3.8) is 0 Å². The summed E-state index contributed by atoms with van der Waals surface area (Å²) in [7, 11) is 3.29. The Morgan fingerprint density at radius 3 is 2.52 bits per heavy atom. The Labute approximate surface area is 129 Å². The smallest absolute Gasteiger partial charge is 0.161 e. The van der Waals surface area contributed by atoms with Crippen LogP contribution in [0, 0.1) is 0 Å². The number of nitrogens with two attached hydrogens (primary N) is 1. The second-order valence-electron chi connectivity index (χ2n) is 5.40. The molecule has 112 valence electrons. The van der Waals surface area contributed by atoms with E-state index in [0.29, 0.717) is 0 Å². The number of ether oxygens (including phenoxy) is 2. The number of hydrogen-bond donors (Lipinski definition) is 1. The molecular weight excluding hydrogens is 282 g/mol. The second-order valence-corrected chi connectivity index (χ2v) is 6.56. The number of methoxy groups -OCH3 is 2. The lowest BCUT2D eigenvalue weighted by Gasteiger charge is -2.13. The zero-order chi connectivity index (χ0) is 14.8. The van der Waals surface area contributed by atoms with Gasteiger partial charge in [0.1, 0.15) is 0 Å². The number of aryl methyl sites for hydroxylation is 2. The van der Waals surface area contributed by atoms with Gasteiger partial charge in [-0.15, -0.1) is 11.3 Å². The van der Waals surface area contributed by atoms with Gasteiger partial charge in [0, 0.05) is 9.75 Å². The number of hydrogen-bond acceptors (Lipinski definition) is 4. The molecule has 2 N–H and O–H groups in total. The second kappa shape index (κ2) is 6.08. The molecule has 0 saturated heterocycles. The SMILES string of the molecule is COc1ccc(C(N)c2cc3c(s2)CCCC3)cc1OC. The standard InChI is InChI=1S/C17H21NO2S/c1-19-13-8-7-12(9-14(13)20-2)17(18)16-10-11-5-3-4-6-15(11)21-16/h7-10,17H,3-6,18H2,1-2H3. The minimum absolute atomic E-state index is 0.0968. The molecule has 1 atom stereocenters. The van der Waals surface area contributed by atoms with Crippen LogP contribution in [0.4, 0.5) is 0 Å². The molecule has 3 rings (SSSR count). The van der Waals surface area contributed by atoms with Gasteiger partial charge >= 0.3 is 0 Å². The summed E-state index contributed by atoms with van der Waals surface area (Å²) in [6.07, 6.45) is 5.01. The van der Waals surface area contributed by atoms with Crippen LogP contribution in [0.15, 0.2) is 24.3 Å². The van der Waals surface area contributed by atoms with Gasteiger partial charge in [-0.1, -0.05) is 6.07 Å². The van der Waals surface area contributed by atoms with E-state index in [1.807, 2.05) is 29.5 Å². The Bertz CT molecular complexity index is 612. The molecule has 0 bridgehead atoms. The Kier molecular flexibility index (Phi) is 4.17. The molecule has 0 radical (unpaired) electrons. The topological polar surface area (TPSA) is 44.5 Å². The fourth-order valence-corrected chi connectivity index (χ4v) is 4.16. The average Bonchev–Trinajstić information content (AvgIpc) is 2.97. The van der Waals surface area contributed by atoms with Crippen LogP contribution >= 0.6 is 11.3 Å². The van der Waals surface area contributed by atoms with Crippen LogP contribution in [-0.4, -0.2) is 14.2 Å². The van der Waals surface area contributed by atoms with Crippen LogP contribution < -0.4 is 15.2 Å². The fourth-order valence-electron chi connectivity index (χ4n) is 2.88. The average molecular weight is 303 g/mol. The van der Waals surface area contributed by atoms with E-state index >= 15 is 0 Å². The summed E-state index contributed by atoms with van der Waals surface area (Å²) in [4.78, 5) is 2.77. The van der Waals surface area contributed by atoms with E-state index in [1.165, 1.54) is 41.0 Å². The number of rotatable bonds is 4. The maximum absolute atomic E-state index is 6.46. The molecule has 0 fully saturated rings. The van der Waals surface area contributed by atoms with Crippen molar-refractivity contribution in [2.45, 2.75) is 31.7 Å². The van der Waals surface area contributed by atoms with Crippen LogP contribution in [0.3, 0.4) is 0 Å². The van der Waals surface area contributed by atoms with E-state index in [1.54, 1.807) is 14.2 Å². The van der Waals surface area contributed by atoms with Gasteiger partial charge in [-0.25, -0.2) is 0 Å². The van der Waals surface area contributed by atoms with Gasteiger partial charge in [-0.2, -0.15) is 0 Å². The number of fused-ring (bicyclic) bond motifs is 1. The zero-order valence-electron chi connectivity index (χ0n) is 12.5. The van der Waals surface area contributed by atoms with Crippen molar-refractivity contribution in [2.24, 2.45) is 5.73 Å². The summed E-state index contributed by atoms with van der Waals surface area (Å²) in [6.45, 7) is 0. The highest BCUT2D eigenvalue weighted by Gasteiger charge is 2.19. The quantitative estimate of drug-likeness (QED) is 0.937. The van der Waals surface area contributed by atoms with Gasteiger partial charge < -0.3 is 15.2 Å². The van der Waals surface area contributed by atoms with Crippen LogP contribution in [0.2, 0.25) is 0 Å². The highest BCUT2D eigenvalue weighted by molar-refractivity contribution is 7.12. The maximum Gasteiger partial charge on any atom is 0.161 e. The first-order valence-corrected chi connectivity index (χ1v) is 8.13. The third-order valence-corrected chi connectivity index (χ3v) is 5.41. The molecule has 1 heterocycles. The van der Waals surface area contributed by atoms with Crippen LogP contribution in [-0.2, 0) is 12.8 Å². The maximum atomic E-state index is 6.46. The molecule has 0 amide bonds. The molecule has 0 aliphatic heterocycles. The van der Waals surface area contributed by atoms with Gasteiger partial charge in [0.25, 0.3) is 0 Å². The van der Waals surface area contributed by atoms with Gasteiger partial charge in [-0.05, 0) is 55.0 Å². The summed E-state index contributed by atoms with van der Waals surface area (Å²) < 4.78 is 10.6. The van der Waals surface area contributed by atoms with Crippen molar-refractivity contribution in [3.05, 3.63) is 45.1 Å². The third kappa shape index (κ3) is 2.78. The number of thiophene rings is 1. The van der Waals surface area contributed by atoms with Gasteiger partial charge in [0.2, 0.25) is 0 Å². The minimum atomic E-state index is -0.0968. The molecule has 1 unspecified atom stereocenters. The van der Waals surface area contributed by atoms with Crippen molar-refractivity contribution in [1.29, 1.82) is 0 Å². The molecule has 0 saturated carbocycles. The highest BCUT2D eigenvalue weighted by Crippen LogP contribution is 2.36. The van der Waals surface area contributed by atoms with Gasteiger partial charge in [-0.3, -0.25) is 0 Å². The zero-order valence-corrected chi connectivity index (χ0v) is 13.3. The molecule has 1 aliphatic carbocycles. The van der Waals surface area contributed by atoms with E-state index in [9.17, 15) is 0 Å². The molecule has 3 nitrogen and oxygen atoms in total. The lowest BCUT2D eigenvalue weighted by molar-refractivity contribution is 0.354. The molecule has 1 aromatic heterocycles. The van der Waals surface area contributed by atoms with Crippen molar-refractivity contribution >= 4 is 11.3 Å². The Balaban J connectivity index is 1.90. The Morgan fingerprint density at radius 2 is 1.81 bits per heavy atom. The fraction of sp³-hybridized carbons (Fsp3) is 0.412. The number of benzene rings is 1. The van der Waals surface area contributed by atoms with Crippen molar-refractivity contribution in [1.82, 2.24) is 0 Å². The van der Waals surface area contributed by atoms with Gasteiger partial charge in [0.15, 0.2) is 11.5 Å². The monoisotopic (exact) mass is 303 g/mol. The first kappa shape index (κ1) is 14.4.